The largest absolute Gasteiger partial charge is 0.495 e. The zero-order chi connectivity index (χ0) is 20.7. The van der Waals surface area contributed by atoms with Crippen molar-refractivity contribution < 1.29 is 18.3 Å². The van der Waals surface area contributed by atoms with Gasteiger partial charge in [-0.2, -0.15) is 0 Å². The molecular formula is C21H17F2N3O2S. The van der Waals surface area contributed by atoms with E-state index in [9.17, 15) is 13.6 Å². The highest BCUT2D eigenvalue weighted by atomic mass is 32.1. The predicted octanol–water partition coefficient (Wildman–Crippen LogP) is 4.96. The maximum Gasteiger partial charge on any atom is 0.258 e. The summed E-state index contributed by atoms with van der Waals surface area (Å²) in [6.45, 7) is 1.87. The van der Waals surface area contributed by atoms with Crippen LogP contribution in [0.3, 0.4) is 0 Å². The number of benzene rings is 2. The van der Waals surface area contributed by atoms with Crippen LogP contribution in [0, 0.1) is 18.6 Å². The summed E-state index contributed by atoms with van der Waals surface area (Å²) in [5.74, 6) is -1.08. The molecule has 0 radical (unpaired) electrons. The third-order valence-electron chi connectivity index (χ3n) is 4.62. The highest BCUT2D eigenvalue weighted by molar-refractivity contribution is 7.23. The topological polar surface area (TPSA) is 47.4 Å². The van der Waals surface area contributed by atoms with Gasteiger partial charge in [0.2, 0.25) is 0 Å². The molecule has 4 aromatic rings. The van der Waals surface area contributed by atoms with Crippen LogP contribution < -0.4 is 9.64 Å². The lowest BCUT2D eigenvalue weighted by Crippen LogP contribution is -2.26. The van der Waals surface area contributed by atoms with Crippen LogP contribution in [0.15, 0.2) is 48.9 Å². The van der Waals surface area contributed by atoms with Gasteiger partial charge in [0, 0.05) is 24.2 Å². The molecule has 0 aliphatic heterocycles. The van der Waals surface area contributed by atoms with Crippen molar-refractivity contribution in [2.45, 2.75) is 6.92 Å². The molecule has 0 atom stereocenters. The summed E-state index contributed by atoms with van der Waals surface area (Å²) in [6, 6.07) is 9.18. The summed E-state index contributed by atoms with van der Waals surface area (Å²) >= 11 is 0.906. The fourth-order valence-corrected chi connectivity index (χ4v) is 4.17. The maximum atomic E-state index is 14.8. The summed E-state index contributed by atoms with van der Waals surface area (Å²) in [6.07, 6.45) is 3.49. The van der Waals surface area contributed by atoms with Crippen LogP contribution >= 0.6 is 11.3 Å². The van der Waals surface area contributed by atoms with Gasteiger partial charge < -0.3 is 14.2 Å². The molecule has 148 valence electrons. The number of carbonyl (C=O) groups is 1. The number of aromatic nitrogens is 2. The smallest absolute Gasteiger partial charge is 0.258 e. The van der Waals surface area contributed by atoms with Crippen molar-refractivity contribution in [3.63, 3.8) is 0 Å². The van der Waals surface area contributed by atoms with Crippen LogP contribution in [-0.4, -0.2) is 29.6 Å². The molecule has 0 spiro atoms. The van der Waals surface area contributed by atoms with Crippen molar-refractivity contribution in [3.05, 3.63) is 71.8 Å². The van der Waals surface area contributed by atoms with Crippen molar-refractivity contribution in [2.24, 2.45) is 0 Å². The molecule has 5 nitrogen and oxygen atoms in total. The number of anilines is 1. The molecule has 2 aromatic carbocycles. The number of rotatable bonds is 4. The Morgan fingerprint density at radius 1 is 1.24 bits per heavy atom. The average Bonchev–Trinajstić information content (AvgIpc) is 3.31. The van der Waals surface area contributed by atoms with Gasteiger partial charge in [-0.1, -0.05) is 12.1 Å². The SMILES string of the molecule is COc1cc(C(=O)N(C)c2sc3c(F)cccc3c2F)ccc1-n1cnc(C)c1. The zero-order valence-electron chi connectivity index (χ0n) is 15.9. The number of halogens is 2. The van der Waals surface area contributed by atoms with Gasteiger partial charge >= 0.3 is 0 Å². The van der Waals surface area contributed by atoms with Gasteiger partial charge in [-0.05, 0) is 31.2 Å². The Kier molecular flexibility index (Phi) is 4.79. The van der Waals surface area contributed by atoms with Crippen LogP contribution in [0.25, 0.3) is 15.8 Å². The molecule has 1 amide bonds. The van der Waals surface area contributed by atoms with Gasteiger partial charge in [-0.25, -0.2) is 13.8 Å². The average molecular weight is 413 g/mol. The first-order valence-corrected chi connectivity index (χ1v) is 9.56. The Hall–Kier alpha value is -3.26. The lowest BCUT2D eigenvalue weighted by Gasteiger charge is -2.17. The number of imidazole rings is 1. The standard InChI is InChI=1S/C21H17F2N3O2S/c1-12-10-26(11-24-12)16-8-7-13(9-17(16)28-3)20(27)25(2)21-18(23)14-5-4-6-15(22)19(14)29-21/h4-11H,1-3H3. The minimum Gasteiger partial charge on any atom is -0.495 e. The molecule has 0 unspecified atom stereocenters. The first-order valence-electron chi connectivity index (χ1n) is 8.74. The Labute approximate surface area is 169 Å². The second-order valence-corrected chi connectivity index (χ2v) is 7.51. The number of ether oxygens (including phenoxy) is 1. The van der Waals surface area contributed by atoms with E-state index in [1.54, 1.807) is 29.1 Å². The van der Waals surface area contributed by atoms with E-state index in [-0.39, 0.29) is 15.1 Å². The molecule has 0 aliphatic rings. The molecule has 4 rings (SSSR count). The predicted molar refractivity (Wildman–Crippen MR) is 109 cm³/mol. The van der Waals surface area contributed by atoms with Gasteiger partial charge in [0.25, 0.3) is 5.91 Å². The van der Waals surface area contributed by atoms with E-state index < -0.39 is 17.5 Å². The number of aryl methyl sites for hydroxylation is 1. The third kappa shape index (κ3) is 3.25. The van der Waals surface area contributed by atoms with Crippen LogP contribution in [-0.2, 0) is 0 Å². The van der Waals surface area contributed by atoms with Crippen molar-refractivity contribution in [1.29, 1.82) is 0 Å². The van der Waals surface area contributed by atoms with Gasteiger partial charge in [-0.15, -0.1) is 11.3 Å². The van der Waals surface area contributed by atoms with Crippen molar-refractivity contribution in [2.75, 3.05) is 19.1 Å². The van der Waals surface area contributed by atoms with Gasteiger partial charge in [0.1, 0.15) is 16.6 Å². The minimum atomic E-state index is -0.613. The molecule has 2 aromatic heterocycles. The molecule has 8 heteroatoms. The number of nitrogens with zero attached hydrogens (tertiary/aromatic N) is 3. The third-order valence-corrected chi connectivity index (χ3v) is 5.88. The van der Waals surface area contributed by atoms with Crippen molar-refractivity contribution in [3.8, 4) is 11.4 Å². The van der Waals surface area contributed by atoms with E-state index in [2.05, 4.69) is 4.98 Å². The van der Waals surface area contributed by atoms with Gasteiger partial charge in [-0.3, -0.25) is 4.79 Å². The number of hydrogen-bond donors (Lipinski definition) is 0. The van der Waals surface area contributed by atoms with Gasteiger partial charge in [0.05, 0.1) is 29.5 Å². The van der Waals surface area contributed by atoms with E-state index in [4.69, 9.17) is 4.74 Å². The van der Waals surface area contributed by atoms with Crippen LogP contribution in [0.4, 0.5) is 13.8 Å². The molecule has 0 saturated carbocycles. The van der Waals surface area contributed by atoms with E-state index in [0.29, 0.717) is 11.3 Å². The van der Waals surface area contributed by atoms with E-state index in [0.717, 1.165) is 22.7 Å². The lowest BCUT2D eigenvalue weighted by atomic mass is 10.1. The fourth-order valence-electron chi connectivity index (χ4n) is 3.12. The van der Waals surface area contributed by atoms with Crippen molar-refractivity contribution in [1.82, 2.24) is 9.55 Å². The number of fused-ring (bicyclic) bond motifs is 1. The number of thiophene rings is 1. The first-order chi connectivity index (χ1) is 13.9. The molecule has 0 fully saturated rings. The minimum absolute atomic E-state index is 0.0587. The quantitative estimate of drug-likeness (QED) is 0.475. The molecule has 29 heavy (non-hydrogen) atoms. The Bertz CT molecular complexity index is 1230. The molecule has 0 bridgehead atoms. The van der Waals surface area contributed by atoms with E-state index in [1.807, 2.05) is 13.1 Å². The van der Waals surface area contributed by atoms with Crippen LogP contribution in [0.5, 0.6) is 5.75 Å². The molecule has 0 N–H and O–H groups in total. The van der Waals surface area contributed by atoms with Gasteiger partial charge in [0.15, 0.2) is 5.82 Å². The monoisotopic (exact) mass is 413 g/mol. The Balaban J connectivity index is 1.71. The summed E-state index contributed by atoms with van der Waals surface area (Å²) in [5.41, 5.74) is 1.89. The van der Waals surface area contributed by atoms with E-state index >= 15 is 0 Å². The summed E-state index contributed by atoms with van der Waals surface area (Å²) in [4.78, 5) is 18.4. The number of carbonyl (C=O) groups excluding carboxylic acids is 1. The maximum absolute atomic E-state index is 14.8. The van der Waals surface area contributed by atoms with Crippen LogP contribution in [0.1, 0.15) is 16.1 Å². The van der Waals surface area contributed by atoms with Crippen molar-refractivity contribution >= 4 is 32.3 Å². The molecule has 2 heterocycles. The second-order valence-electron chi connectivity index (χ2n) is 6.51. The van der Waals surface area contributed by atoms with Crippen LogP contribution in [0.2, 0.25) is 0 Å². The molecule has 0 aliphatic carbocycles. The molecule has 0 saturated heterocycles. The number of hydrogen-bond acceptors (Lipinski definition) is 4. The second kappa shape index (κ2) is 7.29. The van der Waals surface area contributed by atoms with E-state index in [1.165, 1.54) is 37.3 Å². The fraction of sp³-hybridized carbons (Fsp3) is 0.143. The first kappa shape index (κ1) is 19.1. The Morgan fingerprint density at radius 3 is 2.69 bits per heavy atom. The summed E-state index contributed by atoms with van der Waals surface area (Å²) < 4.78 is 36.2. The zero-order valence-corrected chi connectivity index (χ0v) is 16.8. The Morgan fingerprint density at radius 2 is 2.03 bits per heavy atom. The highest BCUT2D eigenvalue weighted by Gasteiger charge is 2.23. The normalized spacial score (nSPS) is 11.1. The highest BCUT2D eigenvalue weighted by Crippen LogP contribution is 2.38. The molecular weight excluding hydrogens is 396 g/mol. The summed E-state index contributed by atoms with van der Waals surface area (Å²) in [7, 11) is 2.97. The summed E-state index contributed by atoms with van der Waals surface area (Å²) in [5, 5.41) is 0.219. The number of amides is 1. The number of methoxy groups -OCH3 is 1. The lowest BCUT2D eigenvalue weighted by molar-refractivity contribution is 0.0992.